The Bertz CT molecular complexity index is 1660. The van der Waals surface area contributed by atoms with E-state index in [1.807, 2.05) is 12.1 Å². The Labute approximate surface area is 522 Å². The maximum Gasteiger partial charge on any atom is 2.00 e. The first-order chi connectivity index (χ1) is 38.1. The van der Waals surface area contributed by atoms with E-state index in [9.17, 15) is 25.9 Å². The molecule has 0 aliphatic carbocycles. The zero-order chi connectivity index (χ0) is 56.6. The number of hydrogen-bond donors (Lipinski definition) is 0. The fourth-order valence-electron chi connectivity index (χ4n) is 11.5. The van der Waals surface area contributed by atoms with Crippen LogP contribution in [0, 0.1) is 0 Å². The number of aryl methyl sites for hydroxylation is 2. The summed E-state index contributed by atoms with van der Waals surface area (Å²) in [5, 5.41) is 0. The van der Waals surface area contributed by atoms with Gasteiger partial charge in [-0.15, -0.1) is 0 Å². The summed E-state index contributed by atoms with van der Waals surface area (Å²) in [6, 6.07) is 13.3. The normalized spacial score (nSPS) is 11.7. The maximum atomic E-state index is 11.4. The zero-order valence-electron chi connectivity index (χ0n) is 52.2. The van der Waals surface area contributed by atoms with Crippen LogP contribution in [-0.2, 0) is 33.1 Å². The molecule has 0 fully saturated rings. The molecule has 0 N–H and O–H groups in total. The zero-order valence-corrected chi connectivity index (χ0v) is 56.0. The molecule has 0 saturated carbocycles. The van der Waals surface area contributed by atoms with Gasteiger partial charge in [0.2, 0.25) is 0 Å². The Morgan fingerprint density at radius 1 is 0.241 bits per heavy atom. The summed E-state index contributed by atoms with van der Waals surface area (Å²) in [4.78, 5) is -0.0837. The molecule has 0 bridgehead atoms. The van der Waals surface area contributed by atoms with Gasteiger partial charge in [0.05, 0.1) is 9.79 Å². The van der Waals surface area contributed by atoms with E-state index in [2.05, 4.69) is 13.8 Å². The predicted octanol–water partition coefficient (Wildman–Crippen LogP) is 23.0. The molecule has 79 heavy (non-hydrogen) atoms. The molecular weight excluding hydrogens is 1040 g/mol. The van der Waals surface area contributed by atoms with Crippen LogP contribution in [0.2, 0.25) is 0 Å². The van der Waals surface area contributed by atoms with Gasteiger partial charge in [-0.3, -0.25) is 0 Å². The van der Waals surface area contributed by atoms with Gasteiger partial charge in [0.15, 0.2) is 0 Å². The molecule has 0 aliphatic rings. The monoisotopic (exact) mass is 1170 g/mol. The first kappa shape index (κ1) is 78.5. The van der Waals surface area contributed by atoms with E-state index < -0.39 is 20.2 Å². The van der Waals surface area contributed by atoms with Gasteiger partial charge < -0.3 is 9.11 Å². The number of benzene rings is 2. The van der Waals surface area contributed by atoms with Crippen molar-refractivity contribution in [3.05, 3.63) is 59.7 Å². The molecule has 0 atom stereocenters. The van der Waals surface area contributed by atoms with E-state index in [0.29, 0.717) is 24.0 Å². The molecule has 0 aromatic heterocycles. The van der Waals surface area contributed by atoms with Crippen LogP contribution in [0.5, 0.6) is 0 Å². The molecule has 0 amide bonds. The summed E-state index contributed by atoms with van der Waals surface area (Å²) in [6.45, 7) is 4.59. The van der Waals surface area contributed by atoms with Gasteiger partial charge in [0.1, 0.15) is 20.2 Å². The largest absolute Gasteiger partial charge is 2.00 e. The van der Waals surface area contributed by atoms with Gasteiger partial charge in [-0.2, -0.15) is 0 Å². The molecule has 2 aromatic rings. The molecule has 2 rings (SSSR count). The number of rotatable bonds is 58. The summed E-state index contributed by atoms with van der Waals surface area (Å²) in [5.41, 5.74) is 1.35. The summed E-state index contributed by atoms with van der Waals surface area (Å²) in [5.74, 6) is 0. The molecule has 0 aliphatic heterocycles. The smallest absolute Gasteiger partial charge is 0.744 e. The summed E-state index contributed by atoms with van der Waals surface area (Å²) >= 11 is 0. The van der Waals surface area contributed by atoms with Crippen LogP contribution in [0.3, 0.4) is 0 Å². The summed E-state index contributed by atoms with van der Waals surface area (Å²) in [6.07, 6.45) is 76.0. The van der Waals surface area contributed by atoms with Crippen LogP contribution in [0.1, 0.15) is 372 Å². The Morgan fingerprint density at radius 2 is 0.380 bits per heavy atom. The molecule has 6 nitrogen and oxygen atoms in total. The van der Waals surface area contributed by atoms with Gasteiger partial charge in [-0.1, -0.05) is 384 Å². The predicted molar refractivity (Wildman–Crippen MR) is 343 cm³/mol. The van der Waals surface area contributed by atoms with Gasteiger partial charge in [0.25, 0.3) is 0 Å². The summed E-state index contributed by atoms with van der Waals surface area (Å²) < 4.78 is 68.1. The molecule has 2 aromatic carbocycles. The van der Waals surface area contributed by atoms with Crippen LogP contribution in [0.25, 0.3) is 0 Å². The molecule has 0 saturated heterocycles. The maximum absolute atomic E-state index is 11.4. The molecule has 0 heterocycles. The fourth-order valence-corrected chi connectivity index (χ4v) is 13.0. The molecule has 456 valence electrons. The fraction of sp³-hybridized carbons (Fsp3) is 0.829. The van der Waals surface area contributed by atoms with Gasteiger partial charge in [-0.05, 0) is 48.9 Å². The van der Waals surface area contributed by atoms with E-state index in [-0.39, 0.29) is 47.5 Å². The van der Waals surface area contributed by atoms with Crippen molar-refractivity contribution >= 4 is 58.0 Å². The molecule has 0 unspecified atom stereocenters. The van der Waals surface area contributed by atoms with Crippen molar-refractivity contribution in [2.45, 2.75) is 383 Å². The third-order valence-electron chi connectivity index (χ3n) is 16.6. The first-order valence-electron chi connectivity index (χ1n) is 34.2. The molecular formula is C70H126CaO6S2. The average Bonchev–Trinajstić information content (AvgIpc) is 3.44. The third-order valence-corrected chi connectivity index (χ3v) is 18.5. The van der Waals surface area contributed by atoms with Crippen molar-refractivity contribution in [1.29, 1.82) is 0 Å². The topological polar surface area (TPSA) is 114 Å². The standard InChI is InChI=1S/2C35H64O3S.Ca/c2*1-2-3-4-5-6-7-8-9-10-11-12-13-14-15-16-17-18-19-20-21-22-23-24-25-26-27-28-31-34-32-29-30-33-35(34)39(36,37)38;/h2*29-30,32-33H,2-28,31H2,1H3,(H,36,37,38);/q;;+2/p-2. The number of unbranched alkanes of at least 4 members (excludes halogenated alkanes) is 52. The van der Waals surface area contributed by atoms with Crippen molar-refractivity contribution in [2.24, 2.45) is 0 Å². The Kier molecular flexibility index (Phi) is 58.9. The van der Waals surface area contributed by atoms with Crippen molar-refractivity contribution in [1.82, 2.24) is 0 Å². The SMILES string of the molecule is CCCCCCCCCCCCCCCCCCCCCCCCCCCCCc1ccccc1S(=O)(=O)[O-].CCCCCCCCCCCCCCCCCCCCCCCCCCCCCc1ccccc1S(=O)(=O)[O-].[Ca+2]. The Morgan fingerprint density at radius 3 is 0.532 bits per heavy atom. The third kappa shape index (κ3) is 52.8. The van der Waals surface area contributed by atoms with Gasteiger partial charge >= 0.3 is 37.7 Å². The van der Waals surface area contributed by atoms with E-state index in [4.69, 9.17) is 0 Å². The van der Waals surface area contributed by atoms with E-state index in [0.717, 1.165) is 25.7 Å². The average molecular weight is 1170 g/mol. The van der Waals surface area contributed by atoms with Gasteiger partial charge in [0, 0.05) is 0 Å². The quantitative estimate of drug-likeness (QED) is 0.0370. The van der Waals surface area contributed by atoms with Crippen molar-refractivity contribution in [2.75, 3.05) is 0 Å². The Hall–Kier alpha value is -0.480. The van der Waals surface area contributed by atoms with E-state index >= 15 is 0 Å². The molecule has 9 heteroatoms. The second-order valence-electron chi connectivity index (χ2n) is 24.0. The Balaban J connectivity index is 0.00000152. The van der Waals surface area contributed by atoms with Crippen LogP contribution in [0.15, 0.2) is 58.3 Å². The minimum atomic E-state index is -4.36. The molecule has 0 spiro atoms. The minimum absolute atomic E-state index is 0. The second kappa shape index (κ2) is 59.3. The van der Waals surface area contributed by atoms with E-state index in [1.54, 1.807) is 24.3 Å². The van der Waals surface area contributed by atoms with Crippen molar-refractivity contribution in [3.8, 4) is 0 Å². The van der Waals surface area contributed by atoms with Crippen LogP contribution in [0.4, 0.5) is 0 Å². The van der Waals surface area contributed by atoms with Crippen LogP contribution in [-0.4, -0.2) is 63.7 Å². The van der Waals surface area contributed by atoms with Gasteiger partial charge in [-0.25, -0.2) is 16.8 Å². The van der Waals surface area contributed by atoms with Crippen molar-refractivity contribution < 1.29 is 25.9 Å². The van der Waals surface area contributed by atoms with Crippen LogP contribution < -0.4 is 0 Å². The number of hydrogen-bond acceptors (Lipinski definition) is 6. The second-order valence-corrected chi connectivity index (χ2v) is 26.7. The minimum Gasteiger partial charge on any atom is -0.744 e. The molecule has 0 radical (unpaired) electrons. The first-order valence-corrected chi connectivity index (χ1v) is 37.0. The summed E-state index contributed by atoms with van der Waals surface area (Å²) in [7, 11) is -8.73. The van der Waals surface area contributed by atoms with Crippen molar-refractivity contribution in [3.63, 3.8) is 0 Å². The van der Waals surface area contributed by atoms with Crippen LogP contribution >= 0.6 is 0 Å². The van der Waals surface area contributed by atoms with E-state index in [1.165, 1.54) is 333 Å².